The average molecular weight is 488 g/mol. The van der Waals surface area contributed by atoms with Crippen LogP contribution >= 0.6 is 24.0 Å². The van der Waals surface area contributed by atoms with Gasteiger partial charge in [0.2, 0.25) is 0 Å². The van der Waals surface area contributed by atoms with Gasteiger partial charge < -0.3 is 10.6 Å². The van der Waals surface area contributed by atoms with E-state index < -0.39 is 0 Å². The van der Waals surface area contributed by atoms with Crippen LogP contribution in [-0.2, 0) is 6.54 Å². The number of halogens is 1. The van der Waals surface area contributed by atoms with Crippen LogP contribution in [0, 0.1) is 0 Å². The number of aryl methyl sites for hydroxylation is 1. The maximum atomic E-state index is 4.44. The third kappa shape index (κ3) is 6.62. The lowest BCUT2D eigenvalue weighted by Gasteiger charge is -2.48. The van der Waals surface area contributed by atoms with Crippen molar-refractivity contribution in [1.82, 2.24) is 25.3 Å². The SMILES string of the molecule is CN=C(NCCCn1cccn1)NCC1(N2CCCCC2)CCCCC1.I. The van der Waals surface area contributed by atoms with Gasteiger partial charge in [0.05, 0.1) is 0 Å². The van der Waals surface area contributed by atoms with E-state index in [4.69, 9.17) is 0 Å². The standard InChI is InChI=1S/C20H36N6.HI/c1-21-19(22-12-8-16-26-17-9-13-24-26)23-18-20(10-4-2-5-11-20)25-14-6-3-7-15-25;/h9,13,17H,2-8,10-12,14-16,18H2,1H3,(H2,21,22,23);1H. The smallest absolute Gasteiger partial charge is 0.191 e. The van der Waals surface area contributed by atoms with Crippen LogP contribution in [0.4, 0.5) is 0 Å². The van der Waals surface area contributed by atoms with Crippen LogP contribution in [0.15, 0.2) is 23.5 Å². The van der Waals surface area contributed by atoms with Crippen LogP contribution in [0.3, 0.4) is 0 Å². The van der Waals surface area contributed by atoms with Crippen LogP contribution in [0.2, 0.25) is 0 Å². The zero-order valence-electron chi connectivity index (χ0n) is 16.8. The van der Waals surface area contributed by atoms with Crippen molar-refractivity contribution in [2.45, 2.75) is 69.9 Å². The predicted octanol–water partition coefficient (Wildman–Crippen LogP) is 3.25. The fourth-order valence-electron chi connectivity index (χ4n) is 4.53. The summed E-state index contributed by atoms with van der Waals surface area (Å²) < 4.78 is 1.98. The van der Waals surface area contributed by atoms with Crippen LogP contribution < -0.4 is 10.6 Å². The molecule has 1 aliphatic carbocycles. The number of hydrogen-bond donors (Lipinski definition) is 2. The van der Waals surface area contributed by atoms with Gasteiger partial charge in [-0.3, -0.25) is 14.6 Å². The molecule has 1 saturated heterocycles. The number of aliphatic imine (C=N–C) groups is 1. The van der Waals surface area contributed by atoms with Crippen molar-refractivity contribution in [3.05, 3.63) is 18.5 Å². The maximum Gasteiger partial charge on any atom is 0.191 e. The Balaban J connectivity index is 0.00000261. The quantitative estimate of drug-likeness (QED) is 0.268. The van der Waals surface area contributed by atoms with Crippen molar-refractivity contribution < 1.29 is 0 Å². The highest BCUT2D eigenvalue weighted by Gasteiger charge is 2.38. The van der Waals surface area contributed by atoms with Crippen LogP contribution in [0.1, 0.15) is 57.8 Å². The summed E-state index contributed by atoms with van der Waals surface area (Å²) in [5.74, 6) is 0.937. The molecule has 3 rings (SSSR count). The summed E-state index contributed by atoms with van der Waals surface area (Å²) in [6.45, 7) is 5.42. The first kappa shape index (κ1) is 22.5. The number of nitrogens with one attached hydrogen (secondary N) is 2. The maximum absolute atomic E-state index is 4.44. The molecule has 2 heterocycles. The van der Waals surface area contributed by atoms with Crippen molar-refractivity contribution in [1.29, 1.82) is 0 Å². The van der Waals surface area contributed by atoms with E-state index in [1.54, 1.807) is 0 Å². The summed E-state index contributed by atoms with van der Waals surface area (Å²) in [5, 5.41) is 11.4. The Hall–Kier alpha value is -0.830. The van der Waals surface area contributed by atoms with Gasteiger partial charge >= 0.3 is 0 Å². The lowest BCUT2D eigenvalue weighted by atomic mass is 9.79. The summed E-state index contributed by atoms with van der Waals surface area (Å²) in [7, 11) is 1.87. The average Bonchev–Trinajstić information content (AvgIpc) is 3.22. The lowest BCUT2D eigenvalue weighted by Crippen LogP contribution is -2.59. The third-order valence-corrected chi connectivity index (χ3v) is 6.04. The summed E-state index contributed by atoms with van der Waals surface area (Å²) >= 11 is 0. The molecule has 2 N–H and O–H groups in total. The van der Waals surface area contributed by atoms with Gasteiger partial charge in [0.1, 0.15) is 0 Å². The van der Waals surface area contributed by atoms with E-state index in [1.165, 1.54) is 64.5 Å². The molecule has 0 radical (unpaired) electrons. The van der Waals surface area contributed by atoms with Gasteiger partial charge in [-0.15, -0.1) is 24.0 Å². The van der Waals surface area contributed by atoms with Crippen molar-refractivity contribution in [3.8, 4) is 0 Å². The number of aromatic nitrogens is 2. The zero-order chi connectivity index (χ0) is 18.1. The summed E-state index contributed by atoms with van der Waals surface area (Å²) in [5.41, 5.74) is 0.339. The van der Waals surface area contributed by atoms with Gasteiger partial charge in [-0.25, -0.2) is 0 Å². The minimum absolute atomic E-state index is 0. The molecule has 1 aromatic rings. The van der Waals surface area contributed by atoms with Crippen LogP contribution in [0.25, 0.3) is 0 Å². The highest BCUT2D eigenvalue weighted by Crippen LogP contribution is 2.35. The molecule has 1 saturated carbocycles. The predicted molar refractivity (Wildman–Crippen MR) is 123 cm³/mol. The largest absolute Gasteiger partial charge is 0.356 e. The van der Waals surface area contributed by atoms with Gasteiger partial charge in [0.15, 0.2) is 5.96 Å². The molecule has 1 aromatic heterocycles. The number of likely N-dealkylation sites (tertiary alicyclic amines) is 1. The third-order valence-electron chi connectivity index (χ3n) is 6.04. The second-order valence-corrected chi connectivity index (χ2v) is 7.81. The Morgan fingerprint density at radius 1 is 1.07 bits per heavy atom. The van der Waals surface area contributed by atoms with Gasteiger partial charge in [0.25, 0.3) is 0 Å². The topological polar surface area (TPSA) is 57.5 Å². The Kier molecular flexibility index (Phi) is 9.89. The Morgan fingerprint density at radius 2 is 1.81 bits per heavy atom. The number of guanidine groups is 1. The molecule has 154 valence electrons. The van der Waals surface area contributed by atoms with E-state index in [0.29, 0.717) is 5.54 Å². The molecule has 2 fully saturated rings. The second kappa shape index (κ2) is 11.9. The van der Waals surface area contributed by atoms with Crippen molar-refractivity contribution in [3.63, 3.8) is 0 Å². The summed E-state index contributed by atoms with van der Waals surface area (Å²) in [6, 6.07) is 1.97. The highest BCUT2D eigenvalue weighted by atomic mass is 127. The first-order chi connectivity index (χ1) is 12.8. The highest BCUT2D eigenvalue weighted by molar-refractivity contribution is 14.0. The van der Waals surface area contributed by atoms with Crippen molar-refractivity contribution in [2.75, 3.05) is 33.2 Å². The zero-order valence-corrected chi connectivity index (χ0v) is 19.2. The summed E-state index contributed by atoms with van der Waals surface area (Å²) in [4.78, 5) is 7.22. The molecule has 0 aromatic carbocycles. The number of rotatable bonds is 7. The molecule has 0 amide bonds. The van der Waals surface area contributed by atoms with Crippen LogP contribution in [0.5, 0.6) is 0 Å². The Labute approximate surface area is 181 Å². The number of nitrogens with zero attached hydrogens (tertiary/aromatic N) is 4. The lowest BCUT2D eigenvalue weighted by molar-refractivity contribution is 0.0368. The van der Waals surface area contributed by atoms with Crippen molar-refractivity contribution in [2.24, 2.45) is 4.99 Å². The van der Waals surface area contributed by atoms with E-state index in [9.17, 15) is 0 Å². The van der Waals surface area contributed by atoms with Gasteiger partial charge in [-0.05, 0) is 51.3 Å². The first-order valence-corrected chi connectivity index (χ1v) is 10.5. The van der Waals surface area contributed by atoms with E-state index in [2.05, 4.69) is 25.6 Å². The Morgan fingerprint density at radius 3 is 2.48 bits per heavy atom. The van der Waals surface area contributed by atoms with Crippen molar-refractivity contribution >= 4 is 29.9 Å². The monoisotopic (exact) mass is 488 g/mol. The van der Waals surface area contributed by atoms with Gasteiger partial charge in [-0.1, -0.05) is 25.7 Å². The van der Waals surface area contributed by atoms with E-state index in [1.807, 2.05) is 30.2 Å². The molecular weight excluding hydrogens is 451 g/mol. The fraction of sp³-hybridized carbons (Fsp3) is 0.800. The molecule has 1 aliphatic heterocycles. The van der Waals surface area contributed by atoms with Crippen LogP contribution in [-0.4, -0.2) is 59.4 Å². The fourth-order valence-corrected chi connectivity index (χ4v) is 4.53. The number of piperidine rings is 1. The molecule has 0 atom stereocenters. The first-order valence-electron chi connectivity index (χ1n) is 10.5. The minimum atomic E-state index is 0. The van der Waals surface area contributed by atoms with Gasteiger partial charge in [0, 0.05) is 44.6 Å². The Bertz CT molecular complexity index is 533. The molecule has 27 heavy (non-hydrogen) atoms. The van der Waals surface area contributed by atoms with E-state index >= 15 is 0 Å². The molecule has 0 unspecified atom stereocenters. The molecule has 0 bridgehead atoms. The molecule has 6 nitrogen and oxygen atoms in total. The second-order valence-electron chi connectivity index (χ2n) is 7.81. The molecule has 2 aliphatic rings. The minimum Gasteiger partial charge on any atom is -0.356 e. The number of hydrogen-bond acceptors (Lipinski definition) is 3. The molecular formula is C20H37IN6. The van der Waals surface area contributed by atoms with E-state index in [-0.39, 0.29) is 24.0 Å². The molecule has 0 spiro atoms. The normalized spacial score (nSPS) is 20.7. The molecule has 7 heteroatoms. The summed E-state index contributed by atoms with van der Waals surface area (Å²) in [6.07, 6.45) is 15.8. The van der Waals surface area contributed by atoms with E-state index in [0.717, 1.165) is 32.0 Å². The van der Waals surface area contributed by atoms with Gasteiger partial charge in [-0.2, -0.15) is 5.10 Å².